The van der Waals surface area contributed by atoms with Crippen LogP contribution >= 0.6 is 43.6 Å². The van der Waals surface area contributed by atoms with E-state index in [9.17, 15) is 4.79 Å². The van der Waals surface area contributed by atoms with Gasteiger partial charge in [-0.15, -0.1) is 10.2 Å². The normalized spacial score (nSPS) is 10.8. The van der Waals surface area contributed by atoms with Crippen LogP contribution in [-0.4, -0.2) is 26.3 Å². The monoisotopic (exact) mass is 527 g/mol. The van der Waals surface area contributed by atoms with Gasteiger partial charge in [-0.1, -0.05) is 92.2 Å². The van der Waals surface area contributed by atoms with Gasteiger partial charge in [0.1, 0.15) is 0 Å². The molecule has 3 aromatic carbocycles. The van der Waals surface area contributed by atoms with Crippen LogP contribution in [0.2, 0.25) is 0 Å². The minimum atomic E-state index is 0.0487. The van der Waals surface area contributed by atoms with Crippen molar-refractivity contribution < 1.29 is 4.79 Å². The van der Waals surface area contributed by atoms with E-state index in [-0.39, 0.29) is 11.5 Å². The molecule has 0 bridgehead atoms. The molecule has 0 spiro atoms. The number of ketones is 1. The standard InChI is InChI=1S/C22H15Br2N3OS/c23-16-12-10-15(11-13-16)20(28)14-29-22-26-25-21(18-8-4-5-9-19(18)24)27(22)17-6-2-1-3-7-17/h1-13H,14H2. The first kappa shape index (κ1) is 20.1. The fraction of sp³-hybridized carbons (Fsp3) is 0.0455. The second-order valence-electron chi connectivity index (χ2n) is 6.18. The smallest absolute Gasteiger partial charge is 0.196 e. The van der Waals surface area contributed by atoms with Crippen LogP contribution in [0.25, 0.3) is 17.1 Å². The third-order valence-corrected chi connectivity index (χ3v) is 6.41. The summed E-state index contributed by atoms with van der Waals surface area (Å²) in [6.45, 7) is 0. The molecule has 0 unspecified atom stereocenters. The van der Waals surface area contributed by atoms with Crippen LogP contribution in [0, 0.1) is 0 Å². The first-order chi connectivity index (χ1) is 14.1. The average Bonchev–Trinajstić information content (AvgIpc) is 3.17. The molecule has 1 aromatic heterocycles. The molecule has 4 nitrogen and oxygen atoms in total. The van der Waals surface area contributed by atoms with E-state index in [1.165, 1.54) is 11.8 Å². The highest BCUT2D eigenvalue weighted by molar-refractivity contribution is 9.10. The van der Waals surface area contributed by atoms with Crippen molar-refractivity contribution in [2.45, 2.75) is 5.16 Å². The van der Waals surface area contributed by atoms with Gasteiger partial charge >= 0.3 is 0 Å². The molecule has 4 aromatic rings. The summed E-state index contributed by atoms with van der Waals surface area (Å²) < 4.78 is 3.87. The van der Waals surface area contributed by atoms with E-state index in [0.717, 1.165) is 26.0 Å². The minimum absolute atomic E-state index is 0.0487. The number of carbonyl (C=O) groups excluding carboxylic acids is 1. The van der Waals surface area contributed by atoms with E-state index in [0.29, 0.717) is 10.7 Å². The van der Waals surface area contributed by atoms with Crippen molar-refractivity contribution in [1.82, 2.24) is 14.8 Å². The minimum Gasteiger partial charge on any atom is -0.293 e. The molecular formula is C22H15Br2N3OS. The van der Waals surface area contributed by atoms with Crippen molar-refractivity contribution in [2.75, 3.05) is 5.75 Å². The number of para-hydroxylation sites is 1. The molecule has 7 heteroatoms. The zero-order valence-corrected chi connectivity index (χ0v) is 19.1. The zero-order valence-electron chi connectivity index (χ0n) is 15.1. The number of aromatic nitrogens is 3. The molecule has 144 valence electrons. The van der Waals surface area contributed by atoms with Crippen LogP contribution in [0.4, 0.5) is 0 Å². The van der Waals surface area contributed by atoms with E-state index < -0.39 is 0 Å². The predicted octanol–water partition coefficient (Wildman–Crippen LogP) is 6.43. The van der Waals surface area contributed by atoms with Crippen LogP contribution in [-0.2, 0) is 0 Å². The summed E-state index contributed by atoms with van der Waals surface area (Å²) in [7, 11) is 0. The summed E-state index contributed by atoms with van der Waals surface area (Å²) in [5, 5.41) is 9.49. The summed E-state index contributed by atoms with van der Waals surface area (Å²) in [5.74, 6) is 1.05. The number of benzene rings is 3. The first-order valence-corrected chi connectivity index (χ1v) is 11.4. The van der Waals surface area contributed by atoms with Crippen molar-refractivity contribution in [3.8, 4) is 17.1 Å². The third-order valence-electron chi connectivity index (χ3n) is 4.26. The Hall–Kier alpha value is -2.22. The van der Waals surface area contributed by atoms with Gasteiger partial charge in [0.25, 0.3) is 0 Å². The van der Waals surface area contributed by atoms with E-state index in [1.54, 1.807) is 0 Å². The molecule has 0 N–H and O–H groups in total. The Morgan fingerprint density at radius 2 is 1.55 bits per heavy atom. The molecule has 0 aliphatic rings. The van der Waals surface area contributed by atoms with Gasteiger partial charge in [0.2, 0.25) is 0 Å². The summed E-state index contributed by atoms with van der Waals surface area (Å²) in [6.07, 6.45) is 0. The molecule has 4 rings (SSSR count). The summed E-state index contributed by atoms with van der Waals surface area (Å²) >= 11 is 8.38. The van der Waals surface area contributed by atoms with Crippen LogP contribution in [0.5, 0.6) is 0 Å². The quantitative estimate of drug-likeness (QED) is 0.213. The molecular weight excluding hydrogens is 514 g/mol. The zero-order chi connectivity index (χ0) is 20.2. The lowest BCUT2D eigenvalue weighted by Crippen LogP contribution is -2.05. The molecule has 29 heavy (non-hydrogen) atoms. The van der Waals surface area contributed by atoms with Gasteiger partial charge in [0.05, 0.1) is 5.75 Å². The van der Waals surface area contributed by atoms with Crippen LogP contribution in [0.3, 0.4) is 0 Å². The van der Waals surface area contributed by atoms with E-state index in [4.69, 9.17) is 0 Å². The Labute approximate surface area is 189 Å². The maximum absolute atomic E-state index is 12.6. The van der Waals surface area contributed by atoms with Crippen molar-refractivity contribution in [2.24, 2.45) is 0 Å². The number of halogens is 2. The van der Waals surface area contributed by atoms with Gasteiger partial charge in [0.15, 0.2) is 16.8 Å². The van der Waals surface area contributed by atoms with Crippen molar-refractivity contribution >= 4 is 49.4 Å². The van der Waals surface area contributed by atoms with Crippen LogP contribution < -0.4 is 0 Å². The summed E-state index contributed by atoms with van der Waals surface area (Å²) in [4.78, 5) is 12.6. The van der Waals surface area contributed by atoms with Crippen molar-refractivity contribution in [3.63, 3.8) is 0 Å². The fourth-order valence-corrected chi connectivity index (χ4v) is 4.41. The third kappa shape index (κ3) is 4.52. The van der Waals surface area contributed by atoms with Gasteiger partial charge in [-0.25, -0.2) is 0 Å². The Morgan fingerprint density at radius 1 is 0.862 bits per heavy atom. The largest absolute Gasteiger partial charge is 0.293 e. The summed E-state index contributed by atoms with van der Waals surface area (Å²) in [5.41, 5.74) is 2.56. The predicted molar refractivity (Wildman–Crippen MR) is 124 cm³/mol. The number of carbonyl (C=O) groups is 1. The maximum atomic E-state index is 12.6. The van der Waals surface area contributed by atoms with Crippen molar-refractivity contribution in [3.05, 3.63) is 93.4 Å². The molecule has 0 amide bonds. The van der Waals surface area contributed by atoms with Gasteiger partial charge in [-0.3, -0.25) is 9.36 Å². The summed E-state index contributed by atoms with van der Waals surface area (Å²) in [6, 6.07) is 25.2. The van der Waals surface area contributed by atoms with Gasteiger partial charge in [-0.2, -0.15) is 0 Å². The topological polar surface area (TPSA) is 47.8 Å². The van der Waals surface area contributed by atoms with Crippen molar-refractivity contribution in [1.29, 1.82) is 0 Å². The van der Waals surface area contributed by atoms with Gasteiger partial charge in [0, 0.05) is 25.8 Å². The number of nitrogens with zero attached hydrogens (tertiary/aromatic N) is 3. The maximum Gasteiger partial charge on any atom is 0.196 e. The highest BCUT2D eigenvalue weighted by atomic mass is 79.9. The van der Waals surface area contributed by atoms with Crippen LogP contribution in [0.1, 0.15) is 10.4 Å². The fourth-order valence-electron chi connectivity index (χ4n) is 2.84. The number of hydrogen-bond acceptors (Lipinski definition) is 4. The lowest BCUT2D eigenvalue weighted by atomic mass is 10.2. The molecule has 0 radical (unpaired) electrons. The number of Topliss-reactive ketones (excluding diaryl/α,β-unsaturated/α-hetero) is 1. The number of thioether (sulfide) groups is 1. The molecule has 0 aliphatic carbocycles. The lowest BCUT2D eigenvalue weighted by molar-refractivity contribution is 0.102. The molecule has 0 fully saturated rings. The molecule has 1 heterocycles. The second kappa shape index (κ2) is 9.07. The molecule has 0 aliphatic heterocycles. The van der Waals surface area contributed by atoms with Gasteiger partial charge in [-0.05, 0) is 30.3 Å². The van der Waals surface area contributed by atoms with Gasteiger partial charge < -0.3 is 0 Å². The molecule has 0 saturated carbocycles. The highest BCUT2D eigenvalue weighted by Gasteiger charge is 2.19. The Balaban J connectivity index is 1.68. The van der Waals surface area contributed by atoms with Crippen LogP contribution in [0.15, 0.2) is 93.0 Å². The molecule has 0 atom stereocenters. The number of rotatable bonds is 6. The lowest BCUT2D eigenvalue weighted by Gasteiger charge is -2.11. The number of hydrogen-bond donors (Lipinski definition) is 0. The second-order valence-corrected chi connectivity index (χ2v) is 8.89. The average molecular weight is 529 g/mol. The van der Waals surface area contributed by atoms with E-state index >= 15 is 0 Å². The Kier molecular flexibility index (Phi) is 6.28. The SMILES string of the molecule is O=C(CSc1nnc(-c2ccccc2Br)n1-c1ccccc1)c1ccc(Br)cc1. The van der Waals surface area contributed by atoms with E-state index in [1.807, 2.05) is 83.4 Å². The van der Waals surface area contributed by atoms with E-state index in [2.05, 4.69) is 42.1 Å². The molecule has 0 saturated heterocycles. The Morgan fingerprint density at radius 3 is 2.28 bits per heavy atom. The Bertz CT molecular complexity index is 1140. The first-order valence-electron chi connectivity index (χ1n) is 8.81. The highest BCUT2D eigenvalue weighted by Crippen LogP contribution is 2.32.